The second kappa shape index (κ2) is 8.76. The Morgan fingerprint density at radius 1 is 1.32 bits per heavy atom. The summed E-state index contributed by atoms with van der Waals surface area (Å²) in [7, 11) is 0. The number of ether oxygens (including phenoxy) is 1. The number of hydrogen-bond donors (Lipinski definition) is 1. The summed E-state index contributed by atoms with van der Waals surface area (Å²) < 4.78 is 7.45. The number of rotatable bonds is 6. The number of carbonyl (C=O) groups is 1. The van der Waals surface area contributed by atoms with E-state index in [-0.39, 0.29) is 17.8 Å². The fourth-order valence-corrected chi connectivity index (χ4v) is 4.31. The first kappa shape index (κ1) is 20.4. The summed E-state index contributed by atoms with van der Waals surface area (Å²) in [5.41, 5.74) is 1.42. The Bertz CT molecular complexity index is 868. The number of para-hydroxylation sites is 1. The quantitative estimate of drug-likeness (QED) is 0.767. The number of hydrogen-bond acceptors (Lipinski definition) is 4. The van der Waals surface area contributed by atoms with Gasteiger partial charge in [-0.1, -0.05) is 45.4 Å². The molecule has 2 aromatic rings. The van der Waals surface area contributed by atoms with Crippen molar-refractivity contribution in [1.29, 1.82) is 0 Å². The number of aromatic amines is 1. The number of aromatic nitrogens is 3. The number of benzene rings is 1. The molecule has 0 saturated heterocycles. The highest BCUT2D eigenvalue weighted by molar-refractivity contribution is 5.70. The number of nitrogens with zero attached hydrogens (tertiary/aromatic N) is 2. The highest BCUT2D eigenvalue weighted by atomic mass is 16.5. The molecule has 1 N–H and O–H groups in total. The lowest BCUT2D eigenvalue weighted by Gasteiger charge is -2.36. The summed E-state index contributed by atoms with van der Waals surface area (Å²) in [6.45, 7) is 8.43. The van der Waals surface area contributed by atoms with Gasteiger partial charge in [-0.3, -0.25) is 4.79 Å². The van der Waals surface area contributed by atoms with E-state index in [1.807, 2.05) is 24.3 Å². The molecule has 1 heterocycles. The van der Waals surface area contributed by atoms with Crippen molar-refractivity contribution in [1.82, 2.24) is 14.8 Å². The maximum Gasteiger partial charge on any atom is 0.347 e. The third-order valence-corrected chi connectivity index (χ3v) is 5.92. The molecule has 6 heteroatoms. The maximum absolute atomic E-state index is 12.6. The molecule has 0 aliphatic heterocycles. The molecule has 0 spiro atoms. The van der Waals surface area contributed by atoms with E-state index in [4.69, 9.17) is 4.74 Å². The SMILES string of the molecule is Cc1n[nH]c(=O)n1-c1ccccc1CCC(=O)OC1CC(C)CCC1C(C)C. The van der Waals surface area contributed by atoms with E-state index in [2.05, 4.69) is 31.0 Å². The largest absolute Gasteiger partial charge is 0.462 e. The number of esters is 1. The lowest BCUT2D eigenvalue weighted by Crippen LogP contribution is -2.35. The molecule has 3 atom stereocenters. The van der Waals surface area contributed by atoms with Crippen molar-refractivity contribution in [3.8, 4) is 5.69 Å². The monoisotopic (exact) mass is 385 g/mol. The molecule has 1 aliphatic rings. The van der Waals surface area contributed by atoms with Crippen LogP contribution in [0.4, 0.5) is 0 Å². The van der Waals surface area contributed by atoms with Crippen molar-refractivity contribution in [2.24, 2.45) is 17.8 Å². The molecule has 1 aromatic carbocycles. The van der Waals surface area contributed by atoms with Crippen molar-refractivity contribution in [3.63, 3.8) is 0 Å². The van der Waals surface area contributed by atoms with E-state index < -0.39 is 0 Å². The van der Waals surface area contributed by atoms with Gasteiger partial charge in [0, 0.05) is 6.42 Å². The van der Waals surface area contributed by atoms with Gasteiger partial charge in [0.2, 0.25) is 0 Å². The Labute approximate surface area is 166 Å². The van der Waals surface area contributed by atoms with Gasteiger partial charge in [0.25, 0.3) is 0 Å². The van der Waals surface area contributed by atoms with Gasteiger partial charge in [-0.25, -0.2) is 14.5 Å². The van der Waals surface area contributed by atoms with E-state index in [9.17, 15) is 9.59 Å². The smallest absolute Gasteiger partial charge is 0.347 e. The van der Waals surface area contributed by atoms with Crippen molar-refractivity contribution in [2.45, 2.75) is 65.9 Å². The highest BCUT2D eigenvalue weighted by Gasteiger charge is 2.33. The summed E-state index contributed by atoms with van der Waals surface area (Å²) in [6.07, 6.45) is 4.14. The molecule has 0 radical (unpaired) electrons. The van der Waals surface area contributed by atoms with E-state index >= 15 is 0 Å². The topological polar surface area (TPSA) is 77.0 Å². The highest BCUT2D eigenvalue weighted by Crippen LogP contribution is 2.35. The zero-order chi connectivity index (χ0) is 20.3. The molecule has 152 valence electrons. The van der Waals surface area contributed by atoms with Crippen LogP contribution < -0.4 is 5.69 Å². The second-order valence-electron chi connectivity index (χ2n) is 8.39. The van der Waals surface area contributed by atoms with Crippen molar-refractivity contribution in [2.75, 3.05) is 0 Å². The molecule has 0 bridgehead atoms. The molecule has 1 aromatic heterocycles. The van der Waals surface area contributed by atoms with Crippen LogP contribution in [0.5, 0.6) is 0 Å². The number of nitrogens with one attached hydrogen (secondary N) is 1. The van der Waals surface area contributed by atoms with Crippen LogP contribution in [0.1, 0.15) is 57.8 Å². The minimum atomic E-state index is -0.275. The van der Waals surface area contributed by atoms with E-state index in [0.29, 0.717) is 36.4 Å². The minimum Gasteiger partial charge on any atom is -0.462 e. The molecule has 3 unspecified atom stereocenters. The minimum absolute atomic E-state index is 0.0187. The van der Waals surface area contributed by atoms with Crippen LogP contribution in [-0.2, 0) is 16.0 Å². The van der Waals surface area contributed by atoms with Gasteiger partial charge in [0.05, 0.1) is 5.69 Å². The Kier molecular flexibility index (Phi) is 6.37. The van der Waals surface area contributed by atoms with Gasteiger partial charge >= 0.3 is 11.7 Å². The summed E-state index contributed by atoms with van der Waals surface area (Å²) >= 11 is 0. The van der Waals surface area contributed by atoms with Crippen LogP contribution in [0.3, 0.4) is 0 Å². The van der Waals surface area contributed by atoms with Crippen molar-refractivity contribution >= 4 is 5.97 Å². The van der Waals surface area contributed by atoms with E-state index in [1.54, 1.807) is 6.92 Å². The molecular formula is C22H31N3O3. The normalized spacial score (nSPS) is 22.4. The Morgan fingerprint density at radius 3 is 2.75 bits per heavy atom. The predicted octanol–water partition coefficient (Wildman–Crippen LogP) is 3.81. The first-order valence-corrected chi connectivity index (χ1v) is 10.3. The number of carbonyl (C=O) groups excluding carboxylic acids is 1. The first-order chi connectivity index (χ1) is 13.4. The molecule has 6 nitrogen and oxygen atoms in total. The summed E-state index contributed by atoms with van der Waals surface area (Å²) in [4.78, 5) is 24.7. The van der Waals surface area contributed by atoms with E-state index in [0.717, 1.165) is 24.1 Å². The van der Waals surface area contributed by atoms with Crippen LogP contribution >= 0.6 is 0 Å². The third kappa shape index (κ3) is 4.54. The number of aryl methyl sites for hydroxylation is 2. The molecule has 3 rings (SSSR count). The Morgan fingerprint density at radius 2 is 2.07 bits per heavy atom. The zero-order valence-corrected chi connectivity index (χ0v) is 17.3. The van der Waals surface area contributed by atoms with Gasteiger partial charge in [-0.15, -0.1) is 0 Å². The number of H-pyrrole nitrogens is 1. The van der Waals surface area contributed by atoms with Gasteiger partial charge in [0.15, 0.2) is 0 Å². The third-order valence-electron chi connectivity index (χ3n) is 5.92. The molecule has 0 amide bonds. The molecular weight excluding hydrogens is 354 g/mol. The molecule has 28 heavy (non-hydrogen) atoms. The summed E-state index contributed by atoms with van der Waals surface area (Å²) in [5.74, 6) is 2.00. The van der Waals surface area contributed by atoms with Crippen LogP contribution in [-0.4, -0.2) is 26.8 Å². The summed E-state index contributed by atoms with van der Waals surface area (Å²) in [5, 5.41) is 6.44. The van der Waals surface area contributed by atoms with Gasteiger partial charge in [0.1, 0.15) is 11.9 Å². The molecule has 1 fully saturated rings. The van der Waals surface area contributed by atoms with Crippen molar-refractivity contribution in [3.05, 3.63) is 46.1 Å². The average Bonchev–Trinajstić information content (AvgIpc) is 2.98. The average molecular weight is 386 g/mol. The fraction of sp³-hybridized carbons (Fsp3) is 0.591. The lowest BCUT2D eigenvalue weighted by molar-refractivity contribution is -0.155. The maximum atomic E-state index is 12.6. The van der Waals surface area contributed by atoms with Crippen molar-refractivity contribution < 1.29 is 9.53 Å². The Hall–Kier alpha value is -2.37. The van der Waals surface area contributed by atoms with Gasteiger partial charge in [-0.05, 0) is 55.6 Å². The van der Waals surface area contributed by atoms with Crippen LogP contribution in [0.15, 0.2) is 29.1 Å². The van der Waals surface area contributed by atoms with Crippen LogP contribution in [0.2, 0.25) is 0 Å². The second-order valence-corrected chi connectivity index (χ2v) is 8.39. The van der Waals surface area contributed by atoms with Gasteiger partial charge in [-0.2, -0.15) is 5.10 Å². The van der Waals surface area contributed by atoms with E-state index in [1.165, 1.54) is 11.0 Å². The fourth-order valence-electron chi connectivity index (χ4n) is 4.31. The Balaban J connectivity index is 1.68. The lowest BCUT2D eigenvalue weighted by atomic mass is 9.75. The molecule has 1 saturated carbocycles. The zero-order valence-electron chi connectivity index (χ0n) is 17.3. The van der Waals surface area contributed by atoms with Crippen LogP contribution in [0, 0.1) is 24.7 Å². The summed E-state index contributed by atoms with van der Waals surface area (Å²) in [6, 6.07) is 7.62. The van der Waals surface area contributed by atoms with Crippen LogP contribution in [0.25, 0.3) is 5.69 Å². The van der Waals surface area contributed by atoms with Gasteiger partial charge < -0.3 is 4.74 Å². The first-order valence-electron chi connectivity index (χ1n) is 10.3. The standard InChI is InChI=1S/C22H31N3O3/c1-14(2)18-11-9-15(3)13-20(18)28-21(26)12-10-17-7-5-6-8-19(17)25-16(4)23-24-22(25)27/h5-8,14-15,18,20H,9-13H2,1-4H3,(H,24,27). The molecule has 1 aliphatic carbocycles. The predicted molar refractivity (Wildman–Crippen MR) is 108 cm³/mol.